The maximum atomic E-state index is 12.8. The van der Waals surface area contributed by atoms with Gasteiger partial charge < -0.3 is 18.8 Å². The van der Waals surface area contributed by atoms with Crippen molar-refractivity contribution in [1.29, 1.82) is 0 Å². The molecule has 1 unspecified atom stereocenters. The Morgan fingerprint density at radius 1 is 1.03 bits per heavy atom. The van der Waals surface area contributed by atoms with Gasteiger partial charge in [-0.1, -0.05) is 30.3 Å². The largest absolute Gasteiger partial charge is 0.461 e. The number of esters is 2. The molecule has 1 atom stereocenters. The monoisotopic (exact) mass is 404 g/mol. The maximum absolute atomic E-state index is 12.8. The lowest BCUT2D eigenvalue weighted by Gasteiger charge is -2.32. The summed E-state index contributed by atoms with van der Waals surface area (Å²) in [6.45, 7) is 13.3. The van der Waals surface area contributed by atoms with Crippen molar-refractivity contribution in [2.45, 2.75) is 84.6 Å². The van der Waals surface area contributed by atoms with Crippen molar-refractivity contribution in [2.75, 3.05) is 0 Å². The van der Waals surface area contributed by atoms with Gasteiger partial charge in [0.15, 0.2) is 0 Å². The van der Waals surface area contributed by atoms with Crippen molar-refractivity contribution in [3.63, 3.8) is 0 Å². The van der Waals surface area contributed by atoms with Crippen LogP contribution in [-0.4, -0.2) is 35.9 Å². The van der Waals surface area contributed by atoms with Gasteiger partial charge in [-0.15, -0.1) is 0 Å². The summed E-state index contributed by atoms with van der Waals surface area (Å²) >= 11 is 0. The maximum Gasteiger partial charge on any atom is 0.458 e. The molecule has 2 rings (SSSR count). The Bertz CT molecular complexity index is 692. The molecule has 29 heavy (non-hydrogen) atoms. The Labute approximate surface area is 174 Å². The summed E-state index contributed by atoms with van der Waals surface area (Å²) < 4.78 is 22.9. The number of hydrogen-bond acceptors (Lipinski definition) is 6. The van der Waals surface area contributed by atoms with Gasteiger partial charge in [0.25, 0.3) is 0 Å². The molecule has 160 valence electrons. The van der Waals surface area contributed by atoms with E-state index >= 15 is 0 Å². The average Bonchev–Trinajstić information content (AvgIpc) is 2.78. The number of carbonyl (C=O) groups is 2. The van der Waals surface area contributed by atoms with Crippen LogP contribution in [0.4, 0.5) is 0 Å². The zero-order valence-corrected chi connectivity index (χ0v) is 18.6. The Kier molecular flexibility index (Phi) is 7.17. The second-order valence-corrected chi connectivity index (χ2v) is 9.50. The molecule has 0 spiro atoms. The normalized spacial score (nSPS) is 18.9. The standard InChI is InChI=1S/C22H33BO6/c1-20(2,3)27-18(24)13-17(14-23-28-21(4,5)22(6,7)29-23)19(25)26-15-16-11-9-8-10-12-16/h8-12,17H,13-15H2,1-7H3. The number of ether oxygens (including phenoxy) is 2. The Morgan fingerprint density at radius 3 is 2.10 bits per heavy atom. The highest BCUT2D eigenvalue weighted by atomic mass is 16.7. The van der Waals surface area contributed by atoms with Gasteiger partial charge in [0.1, 0.15) is 12.2 Å². The second kappa shape index (κ2) is 8.88. The summed E-state index contributed by atoms with van der Waals surface area (Å²) in [4.78, 5) is 25.2. The summed E-state index contributed by atoms with van der Waals surface area (Å²) in [6.07, 6.45) is 0.134. The number of carbonyl (C=O) groups excluding carboxylic acids is 2. The zero-order valence-electron chi connectivity index (χ0n) is 18.6. The van der Waals surface area contributed by atoms with E-state index in [0.29, 0.717) is 0 Å². The molecule has 1 fully saturated rings. The van der Waals surface area contributed by atoms with Gasteiger partial charge in [-0.25, -0.2) is 0 Å². The van der Waals surface area contributed by atoms with Gasteiger partial charge in [-0.3, -0.25) is 9.59 Å². The lowest BCUT2D eigenvalue weighted by molar-refractivity contribution is -0.161. The minimum atomic E-state index is -0.719. The van der Waals surface area contributed by atoms with Crippen LogP contribution >= 0.6 is 0 Å². The van der Waals surface area contributed by atoms with Crippen LogP contribution in [0.2, 0.25) is 6.32 Å². The molecule has 0 N–H and O–H groups in total. The molecule has 7 heteroatoms. The molecule has 0 bridgehead atoms. The van der Waals surface area contributed by atoms with E-state index in [0.717, 1.165) is 5.56 Å². The molecule has 0 radical (unpaired) electrons. The van der Waals surface area contributed by atoms with E-state index in [1.54, 1.807) is 20.8 Å². The molecule has 6 nitrogen and oxygen atoms in total. The van der Waals surface area contributed by atoms with Crippen LogP contribution in [0.5, 0.6) is 0 Å². The van der Waals surface area contributed by atoms with E-state index in [1.165, 1.54) is 0 Å². The first-order valence-electron chi connectivity index (χ1n) is 10.1. The summed E-state index contributed by atoms with van der Waals surface area (Å²) in [7, 11) is -0.600. The molecule has 1 heterocycles. The first kappa shape index (κ1) is 23.4. The van der Waals surface area contributed by atoms with Gasteiger partial charge in [0.05, 0.1) is 23.5 Å². The molecule has 1 aliphatic rings. The topological polar surface area (TPSA) is 71.1 Å². The Morgan fingerprint density at radius 2 is 1.59 bits per heavy atom. The van der Waals surface area contributed by atoms with Crippen molar-refractivity contribution in [3.8, 4) is 0 Å². The van der Waals surface area contributed by atoms with E-state index in [9.17, 15) is 9.59 Å². The van der Waals surface area contributed by atoms with Gasteiger partial charge in [-0.2, -0.15) is 0 Å². The van der Waals surface area contributed by atoms with E-state index in [2.05, 4.69) is 0 Å². The molecule has 0 amide bonds. The van der Waals surface area contributed by atoms with Crippen LogP contribution in [0.1, 0.15) is 60.5 Å². The van der Waals surface area contributed by atoms with E-state index in [1.807, 2.05) is 58.0 Å². The van der Waals surface area contributed by atoms with Crippen LogP contribution in [0.15, 0.2) is 30.3 Å². The zero-order chi connectivity index (χ0) is 21.9. The first-order chi connectivity index (χ1) is 13.3. The third-order valence-electron chi connectivity index (χ3n) is 5.17. The van der Waals surface area contributed by atoms with Gasteiger partial charge in [0.2, 0.25) is 0 Å². The van der Waals surface area contributed by atoms with Crippen molar-refractivity contribution in [3.05, 3.63) is 35.9 Å². The molecule has 0 aromatic heterocycles. The van der Waals surface area contributed by atoms with Crippen LogP contribution < -0.4 is 0 Å². The molecule has 1 aromatic carbocycles. The summed E-state index contributed by atoms with van der Waals surface area (Å²) in [5, 5.41) is 0. The molecular weight excluding hydrogens is 371 g/mol. The third-order valence-corrected chi connectivity index (χ3v) is 5.17. The highest BCUT2D eigenvalue weighted by molar-refractivity contribution is 6.46. The highest BCUT2D eigenvalue weighted by Crippen LogP contribution is 2.39. The van der Waals surface area contributed by atoms with Gasteiger partial charge >= 0.3 is 19.1 Å². The summed E-state index contributed by atoms with van der Waals surface area (Å²) in [5.41, 5.74) is -0.767. The van der Waals surface area contributed by atoms with Crippen molar-refractivity contribution >= 4 is 19.1 Å². The minimum Gasteiger partial charge on any atom is -0.461 e. The molecule has 1 aromatic rings. The fourth-order valence-electron chi connectivity index (χ4n) is 2.99. The molecular formula is C22H33BO6. The fraction of sp³-hybridized carbons (Fsp3) is 0.636. The quantitative estimate of drug-likeness (QED) is 0.502. The SMILES string of the molecule is CC(C)(C)OC(=O)CC(CB1OC(C)(C)C(C)(C)O1)C(=O)OCc1ccccc1. The highest BCUT2D eigenvalue weighted by Gasteiger charge is 2.52. The number of hydrogen-bond donors (Lipinski definition) is 0. The average molecular weight is 404 g/mol. The molecule has 1 saturated heterocycles. The third kappa shape index (κ3) is 6.86. The van der Waals surface area contributed by atoms with Crippen LogP contribution in [0.3, 0.4) is 0 Å². The van der Waals surface area contributed by atoms with E-state index < -0.39 is 41.8 Å². The number of rotatable bonds is 7. The van der Waals surface area contributed by atoms with Crippen molar-refractivity contribution in [1.82, 2.24) is 0 Å². The van der Waals surface area contributed by atoms with E-state index in [-0.39, 0.29) is 19.3 Å². The molecule has 1 aliphatic heterocycles. The summed E-state index contributed by atoms with van der Waals surface area (Å²) in [5.74, 6) is -1.63. The lowest BCUT2D eigenvalue weighted by Crippen LogP contribution is -2.41. The van der Waals surface area contributed by atoms with Crippen LogP contribution in [0, 0.1) is 5.92 Å². The lowest BCUT2D eigenvalue weighted by atomic mass is 9.76. The van der Waals surface area contributed by atoms with Crippen molar-refractivity contribution in [2.24, 2.45) is 5.92 Å². The Balaban J connectivity index is 2.06. The van der Waals surface area contributed by atoms with Gasteiger partial charge in [0, 0.05) is 0 Å². The Hall–Kier alpha value is -1.86. The smallest absolute Gasteiger partial charge is 0.458 e. The predicted molar refractivity (Wildman–Crippen MR) is 111 cm³/mol. The number of benzene rings is 1. The minimum absolute atomic E-state index is 0.0883. The van der Waals surface area contributed by atoms with Crippen molar-refractivity contribution < 1.29 is 28.4 Å². The fourth-order valence-corrected chi connectivity index (χ4v) is 2.99. The molecule has 0 saturated carbocycles. The van der Waals surface area contributed by atoms with Crippen LogP contribution in [0.25, 0.3) is 0 Å². The predicted octanol–water partition coefficient (Wildman–Crippen LogP) is 4.17. The summed E-state index contributed by atoms with van der Waals surface area (Å²) in [6, 6.07) is 9.42. The van der Waals surface area contributed by atoms with Gasteiger partial charge in [-0.05, 0) is 60.3 Å². The first-order valence-corrected chi connectivity index (χ1v) is 10.1. The second-order valence-electron chi connectivity index (χ2n) is 9.50. The van der Waals surface area contributed by atoms with Crippen LogP contribution in [-0.2, 0) is 35.0 Å². The molecule has 0 aliphatic carbocycles. The van der Waals surface area contributed by atoms with E-state index in [4.69, 9.17) is 18.8 Å².